The summed E-state index contributed by atoms with van der Waals surface area (Å²) in [6, 6.07) is 0. The second kappa shape index (κ2) is 3.54. The van der Waals surface area contributed by atoms with Gasteiger partial charge in [0.25, 0.3) is 0 Å². The van der Waals surface area contributed by atoms with E-state index >= 15 is 0 Å². The average Bonchev–Trinajstić information content (AvgIpc) is 2.31. The lowest BCUT2D eigenvalue weighted by molar-refractivity contribution is -0.0711. The van der Waals surface area contributed by atoms with Crippen LogP contribution in [0.5, 0.6) is 0 Å². The number of amides is 1. The molecule has 0 aromatic rings. The number of carboxylic acid groups (broad SMARTS) is 1. The van der Waals surface area contributed by atoms with E-state index in [4.69, 9.17) is 10.3 Å². The van der Waals surface area contributed by atoms with Crippen LogP contribution in [-0.4, -0.2) is 41.1 Å². The Bertz CT molecular complexity index is 151. The van der Waals surface area contributed by atoms with Crippen molar-refractivity contribution in [2.45, 2.75) is 6.42 Å². The lowest BCUT2D eigenvalue weighted by Gasteiger charge is -2.08. The number of carbonyl (C=O) groups is 1. The van der Waals surface area contributed by atoms with Crippen LogP contribution in [0.25, 0.3) is 0 Å². The van der Waals surface area contributed by atoms with Crippen molar-refractivity contribution >= 4 is 6.09 Å². The molecule has 1 unspecified atom stereocenters. The van der Waals surface area contributed by atoms with E-state index in [1.54, 1.807) is 0 Å². The first-order valence-corrected chi connectivity index (χ1v) is 3.59. The number of hydroxylamine groups is 2. The summed E-state index contributed by atoms with van der Waals surface area (Å²) in [5, 5.41) is 20.7. The third kappa shape index (κ3) is 2.73. The molecular formula is C6H12N2O3. The van der Waals surface area contributed by atoms with Crippen molar-refractivity contribution in [3.63, 3.8) is 0 Å². The van der Waals surface area contributed by atoms with E-state index in [2.05, 4.69) is 5.32 Å². The standard InChI is InChI=1S/C6H12N2O3/c9-6(10)7-3-5-1-2-8(11)4-5/h5,7,11H,1-4H2,(H,9,10). The topological polar surface area (TPSA) is 72.8 Å². The molecule has 3 N–H and O–H groups in total. The predicted octanol–water partition coefficient (Wildman–Crippen LogP) is -0.0349. The highest BCUT2D eigenvalue weighted by atomic mass is 16.5. The second-order valence-corrected chi connectivity index (χ2v) is 2.75. The van der Waals surface area contributed by atoms with E-state index in [1.807, 2.05) is 0 Å². The molecule has 1 atom stereocenters. The molecule has 1 amide bonds. The molecule has 0 aromatic carbocycles. The minimum Gasteiger partial charge on any atom is -0.465 e. The first kappa shape index (κ1) is 8.29. The van der Waals surface area contributed by atoms with Gasteiger partial charge in [0.2, 0.25) is 0 Å². The molecule has 1 aliphatic heterocycles. The summed E-state index contributed by atoms with van der Waals surface area (Å²) < 4.78 is 0. The van der Waals surface area contributed by atoms with E-state index in [-0.39, 0.29) is 5.92 Å². The van der Waals surface area contributed by atoms with E-state index in [1.165, 1.54) is 5.06 Å². The fourth-order valence-electron chi connectivity index (χ4n) is 1.21. The van der Waals surface area contributed by atoms with Crippen LogP contribution < -0.4 is 5.32 Å². The van der Waals surface area contributed by atoms with E-state index in [9.17, 15) is 4.79 Å². The number of nitrogens with zero attached hydrogens (tertiary/aromatic N) is 1. The van der Waals surface area contributed by atoms with Crippen molar-refractivity contribution in [2.75, 3.05) is 19.6 Å². The third-order valence-corrected chi connectivity index (χ3v) is 1.81. The smallest absolute Gasteiger partial charge is 0.404 e. The lowest BCUT2D eigenvalue weighted by atomic mass is 10.1. The Hall–Kier alpha value is -0.810. The zero-order chi connectivity index (χ0) is 8.27. The van der Waals surface area contributed by atoms with E-state index in [0.29, 0.717) is 19.6 Å². The Labute approximate surface area is 64.6 Å². The van der Waals surface area contributed by atoms with Gasteiger partial charge >= 0.3 is 6.09 Å². The number of hydrogen-bond donors (Lipinski definition) is 3. The van der Waals surface area contributed by atoms with Crippen LogP contribution in [-0.2, 0) is 0 Å². The van der Waals surface area contributed by atoms with Gasteiger partial charge in [0.05, 0.1) is 0 Å². The molecule has 11 heavy (non-hydrogen) atoms. The predicted molar refractivity (Wildman–Crippen MR) is 37.5 cm³/mol. The SMILES string of the molecule is O=C(O)NCC1CCN(O)C1. The fourth-order valence-corrected chi connectivity index (χ4v) is 1.21. The van der Waals surface area contributed by atoms with Gasteiger partial charge in [-0.1, -0.05) is 0 Å². The van der Waals surface area contributed by atoms with Gasteiger partial charge in [-0.25, -0.2) is 4.79 Å². The zero-order valence-corrected chi connectivity index (χ0v) is 6.16. The largest absolute Gasteiger partial charge is 0.465 e. The number of rotatable bonds is 2. The van der Waals surface area contributed by atoms with E-state index < -0.39 is 6.09 Å². The highest BCUT2D eigenvalue weighted by Crippen LogP contribution is 2.12. The van der Waals surface area contributed by atoms with Gasteiger partial charge in [0.15, 0.2) is 0 Å². The Kier molecular flexibility index (Phi) is 2.67. The van der Waals surface area contributed by atoms with Gasteiger partial charge in [-0.3, -0.25) is 0 Å². The molecule has 1 fully saturated rings. The summed E-state index contributed by atoms with van der Waals surface area (Å²) in [5.41, 5.74) is 0. The molecule has 1 rings (SSSR count). The maximum absolute atomic E-state index is 10.1. The van der Waals surface area contributed by atoms with Gasteiger partial charge in [0.1, 0.15) is 0 Å². The Morgan fingerprint density at radius 2 is 2.45 bits per heavy atom. The lowest BCUT2D eigenvalue weighted by Crippen LogP contribution is -2.29. The summed E-state index contributed by atoms with van der Waals surface area (Å²) in [4.78, 5) is 10.1. The van der Waals surface area contributed by atoms with Crippen LogP contribution in [0.2, 0.25) is 0 Å². The monoisotopic (exact) mass is 160 g/mol. The summed E-state index contributed by atoms with van der Waals surface area (Å²) in [7, 11) is 0. The molecule has 0 bridgehead atoms. The molecule has 0 saturated carbocycles. The Morgan fingerprint density at radius 3 is 2.91 bits per heavy atom. The molecular weight excluding hydrogens is 148 g/mol. The molecule has 0 aromatic heterocycles. The zero-order valence-electron chi connectivity index (χ0n) is 6.16. The van der Waals surface area contributed by atoms with Crippen molar-refractivity contribution in [3.8, 4) is 0 Å². The molecule has 64 valence electrons. The molecule has 0 radical (unpaired) electrons. The fraction of sp³-hybridized carbons (Fsp3) is 0.833. The van der Waals surface area contributed by atoms with Gasteiger partial charge < -0.3 is 15.6 Å². The summed E-state index contributed by atoms with van der Waals surface area (Å²) >= 11 is 0. The maximum Gasteiger partial charge on any atom is 0.404 e. The quantitative estimate of drug-likeness (QED) is 0.530. The Morgan fingerprint density at radius 1 is 1.73 bits per heavy atom. The van der Waals surface area contributed by atoms with Crippen LogP contribution in [0.1, 0.15) is 6.42 Å². The van der Waals surface area contributed by atoms with Crippen LogP contribution in [0, 0.1) is 5.92 Å². The van der Waals surface area contributed by atoms with Crippen LogP contribution in [0.4, 0.5) is 4.79 Å². The first-order chi connectivity index (χ1) is 5.18. The highest BCUT2D eigenvalue weighted by molar-refractivity contribution is 5.64. The van der Waals surface area contributed by atoms with Gasteiger partial charge in [-0.05, 0) is 12.3 Å². The maximum atomic E-state index is 10.1. The van der Waals surface area contributed by atoms with Crippen LogP contribution in [0.15, 0.2) is 0 Å². The van der Waals surface area contributed by atoms with Crippen molar-refractivity contribution in [1.29, 1.82) is 0 Å². The number of nitrogens with one attached hydrogen (secondary N) is 1. The van der Waals surface area contributed by atoms with Gasteiger partial charge in [0, 0.05) is 19.6 Å². The molecule has 5 nitrogen and oxygen atoms in total. The Balaban J connectivity index is 2.13. The normalized spacial score (nSPS) is 25.4. The second-order valence-electron chi connectivity index (χ2n) is 2.75. The van der Waals surface area contributed by atoms with E-state index in [0.717, 1.165) is 6.42 Å². The summed E-state index contributed by atoms with van der Waals surface area (Å²) in [5.74, 6) is 0.260. The van der Waals surface area contributed by atoms with Crippen molar-refractivity contribution in [2.24, 2.45) is 5.92 Å². The van der Waals surface area contributed by atoms with Crippen LogP contribution in [0.3, 0.4) is 0 Å². The summed E-state index contributed by atoms with van der Waals surface area (Å²) in [6.45, 7) is 1.65. The first-order valence-electron chi connectivity index (χ1n) is 3.59. The van der Waals surface area contributed by atoms with Crippen LogP contribution >= 0.6 is 0 Å². The molecule has 0 aliphatic carbocycles. The average molecular weight is 160 g/mol. The molecule has 1 heterocycles. The molecule has 1 aliphatic rings. The molecule has 5 heteroatoms. The highest BCUT2D eigenvalue weighted by Gasteiger charge is 2.20. The van der Waals surface area contributed by atoms with Crippen molar-refractivity contribution < 1.29 is 15.1 Å². The third-order valence-electron chi connectivity index (χ3n) is 1.81. The molecule has 1 saturated heterocycles. The summed E-state index contributed by atoms with van der Waals surface area (Å²) in [6.07, 6.45) is -0.141. The number of hydrogen-bond acceptors (Lipinski definition) is 3. The van der Waals surface area contributed by atoms with Crippen molar-refractivity contribution in [3.05, 3.63) is 0 Å². The van der Waals surface area contributed by atoms with Crippen molar-refractivity contribution in [1.82, 2.24) is 10.4 Å². The molecule has 0 spiro atoms. The minimum absolute atomic E-state index is 0.260. The minimum atomic E-state index is -0.999. The van der Waals surface area contributed by atoms with Gasteiger partial charge in [-0.2, -0.15) is 5.06 Å². The van der Waals surface area contributed by atoms with Gasteiger partial charge in [-0.15, -0.1) is 0 Å².